The van der Waals surface area contributed by atoms with Gasteiger partial charge in [-0.25, -0.2) is 4.98 Å². The molecule has 4 nitrogen and oxygen atoms in total. The molecule has 0 saturated carbocycles. The van der Waals surface area contributed by atoms with Crippen LogP contribution in [-0.4, -0.2) is 22.6 Å². The van der Waals surface area contributed by atoms with Gasteiger partial charge >= 0.3 is 5.97 Å². The molecular formula is C10H14N2O2. The van der Waals surface area contributed by atoms with Gasteiger partial charge in [0.1, 0.15) is 5.82 Å². The van der Waals surface area contributed by atoms with Crippen LogP contribution in [0.25, 0.3) is 0 Å². The van der Waals surface area contributed by atoms with Crippen LogP contribution in [0.2, 0.25) is 0 Å². The van der Waals surface area contributed by atoms with Gasteiger partial charge in [-0.1, -0.05) is 6.07 Å². The maximum atomic E-state index is 10.3. The van der Waals surface area contributed by atoms with Gasteiger partial charge in [0.15, 0.2) is 0 Å². The third kappa shape index (κ3) is 3.43. The zero-order valence-corrected chi connectivity index (χ0v) is 8.16. The highest BCUT2D eigenvalue weighted by Gasteiger charge is 1.99. The lowest BCUT2D eigenvalue weighted by Crippen LogP contribution is -2.01. The van der Waals surface area contributed by atoms with E-state index in [1.165, 1.54) is 0 Å². The number of carboxylic acids is 1. The molecule has 4 heteroatoms. The number of pyridine rings is 1. The van der Waals surface area contributed by atoms with Crippen molar-refractivity contribution < 1.29 is 9.90 Å². The summed E-state index contributed by atoms with van der Waals surface area (Å²) in [7, 11) is 0. The Balaban J connectivity index is 2.50. The van der Waals surface area contributed by atoms with Gasteiger partial charge in [-0.05, 0) is 25.0 Å². The molecule has 14 heavy (non-hydrogen) atoms. The number of carboxylic acid groups (broad SMARTS) is 1. The van der Waals surface area contributed by atoms with Crippen molar-refractivity contribution >= 4 is 11.8 Å². The van der Waals surface area contributed by atoms with E-state index in [9.17, 15) is 4.79 Å². The van der Waals surface area contributed by atoms with Crippen LogP contribution in [0, 0.1) is 0 Å². The number of hydrogen-bond donors (Lipinski definition) is 2. The standard InChI is InChI=1S/C10H14N2O2/c1-2-11-9-5-3-8(7-12-9)4-6-10(13)14/h3,5,7H,2,4,6H2,1H3,(H,11,12)(H,13,14). The van der Waals surface area contributed by atoms with Gasteiger partial charge in [-0.2, -0.15) is 0 Å². The number of nitrogens with zero attached hydrogens (tertiary/aromatic N) is 1. The van der Waals surface area contributed by atoms with Crippen LogP contribution in [-0.2, 0) is 11.2 Å². The van der Waals surface area contributed by atoms with E-state index in [1.807, 2.05) is 19.1 Å². The number of carbonyl (C=O) groups is 1. The highest BCUT2D eigenvalue weighted by atomic mass is 16.4. The van der Waals surface area contributed by atoms with Crippen LogP contribution in [0.3, 0.4) is 0 Å². The first-order valence-corrected chi connectivity index (χ1v) is 4.63. The fourth-order valence-corrected chi connectivity index (χ4v) is 1.11. The summed E-state index contributed by atoms with van der Waals surface area (Å²) in [6.45, 7) is 2.83. The monoisotopic (exact) mass is 194 g/mol. The van der Waals surface area contributed by atoms with Gasteiger partial charge in [-0.3, -0.25) is 4.79 Å². The van der Waals surface area contributed by atoms with Crippen LogP contribution in [0.4, 0.5) is 5.82 Å². The molecule has 1 rings (SSSR count). The quantitative estimate of drug-likeness (QED) is 0.746. The third-order valence-electron chi connectivity index (χ3n) is 1.81. The Morgan fingerprint density at radius 3 is 2.86 bits per heavy atom. The second-order valence-corrected chi connectivity index (χ2v) is 2.98. The molecule has 0 aromatic carbocycles. The Morgan fingerprint density at radius 2 is 2.36 bits per heavy atom. The Labute approximate surface area is 83.0 Å². The van der Waals surface area contributed by atoms with Crippen LogP contribution in [0.1, 0.15) is 18.9 Å². The largest absolute Gasteiger partial charge is 0.481 e. The van der Waals surface area contributed by atoms with E-state index in [2.05, 4.69) is 10.3 Å². The van der Waals surface area contributed by atoms with E-state index >= 15 is 0 Å². The van der Waals surface area contributed by atoms with E-state index < -0.39 is 5.97 Å². The van der Waals surface area contributed by atoms with E-state index in [0.29, 0.717) is 6.42 Å². The fourth-order valence-electron chi connectivity index (χ4n) is 1.11. The Bertz CT molecular complexity index is 295. The number of anilines is 1. The molecule has 0 saturated heterocycles. The summed E-state index contributed by atoms with van der Waals surface area (Å²) in [4.78, 5) is 14.5. The van der Waals surface area contributed by atoms with Crippen LogP contribution >= 0.6 is 0 Å². The summed E-state index contributed by atoms with van der Waals surface area (Å²) in [5.74, 6) is 0.0485. The second-order valence-electron chi connectivity index (χ2n) is 2.98. The van der Waals surface area contributed by atoms with Gasteiger partial charge in [0.05, 0.1) is 0 Å². The van der Waals surface area contributed by atoms with Gasteiger partial charge in [0, 0.05) is 19.2 Å². The summed E-state index contributed by atoms with van der Waals surface area (Å²) >= 11 is 0. The van der Waals surface area contributed by atoms with Crippen LogP contribution in [0.5, 0.6) is 0 Å². The summed E-state index contributed by atoms with van der Waals surface area (Å²) in [6.07, 6.45) is 2.40. The number of aliphatic carboxylic acids is 1. The molecule has 76 valence electrons. The summed E-state index contributed by atoms with van der Waals surface area (Å²) in [5, 5.41) is 11.6. The van der Waals surface area contributed by atoms with Gasteiger partial charge in [0.2, 0.25) is 0 Å². The molecule has 1 aromatic rings. The van der Waals surface area contributed by atoms with E-state index in [1.54, 1.807) is 6.20 Å². The fraction of sp³-hybridized carbons (Fsp3) is 0.400. The van der Waals surface area contributed by atoms with Crippen LogP contribution in [0.15, 0.2) is 18.3 Å². The van der Waals surface area contributed by atoms with E-state index in [4.69, 9.17) is 5.11 Å². The van der Waals surface area contributed by atoms with Crippen molar-refractivity contribution in [2.24, 2.45) is 0 Å². The van der Waals surface area contributed by atoms with Gasteiger partial charge in [0.25, 0.3) is 0 Å². The molecule has 0 fully saturated rings. The third-order valence-corrected chi connectivity index (χ3v) is 1.81. The topological polar surface area (TPSA) is 62.2 Å². The zero-order valence-electron chi connectivity index (χ0n) is 8.16. The second kappa shape index (κ2) is 5.21. The average molecular weight is 194 g/mol. The molecule has 0 aliphatic rings. The number of hydrogen-bond acceptors (Lipinski definition) is 3. The first kappa shape index (κ1) is 10.5. The van der Waals surface area contributed by atoms with Crippen LogP contribution < -0.4 is 5.32 Å². The molecule has 1 aromatic heterocycles. The molecule has 2 N–H and O–H groups in total. The first-order chi connectivity index (χ1) is 6.72. The number of nitrogens with one attached hydrogen (secondary N) is 1. The Morgan fingerprint density at radius 1 is 1.57 bits per heavy atom. The predicted molar refractivity (Wildman–Crippen MR) is 54.4 cm³/mol. The maximum absolute atomic E-state index is 10.3. The minimum Gasteiger partial charge on any atom is -0.481 e. The molecule has 0 aliphatic heterocycles. The highest BCUT2D eigenvalue weighted by molar-refractivity contribution is 5.67. The normalized spacial score (nSPS) is 9.79. The minimum absolute atomic E-state index is 0.155. The molecule has 0 spiro atoms. The smallest absolute Gasteiger partial charge is 0.303 e. The molecular weight excluding hydrogens is 180 g/mol. The minimum atomic E-state index is -0.777. The summed E-state index contributed by atoms with van der Waals surface area (Å²) < 4.78 is 0. The number of rotatable bonds is 5. The SMILES string of the molecule is CCNc1ccc(CCC(=O)O)cn1. The highest BCUT2D eigenvalue weighted by Crippen LogP contribution is 2.06. The maximum Gasteiger partial charge on any atom is 0.303 e. The van der Waals surface area contributed by atoms with Crippen molar-refractivity contribution in [2.75, 3.05) is 11.9 Å². The molecule has 0 atom stereocenters. The van der Waals surface area contributed by atoms with Crippen molar-refractivity contribution in [1.82, 2.24) is 4.98 Å². The average Bonchev–Trinajstić information content (AvgIpc) is 2.17. The summed E-state index contributed by atoms with van der Waals surface area (Å²) in [6, 6.07) is 3.76. The zero-order chi connectivity index (χ0) is 10.4. The first-order valence-electron chi connectivity index (χ1n) is 4.63. The lowest BCUT2D eigenvalue weighted by atomic mass is 10.1. The van der Waals surface area contributed by atoms with Crippen molar-refractivity contribution in [2.45, 2.75) is 19.8 Å². The lowest BCUT2D eigenvalue weighted by Gasteiger charge is -2.02. The van der Waals surface area contributed by atoms with E-state index in [0.717, 1.165) is 17.9 Å². The molecule has 1 heterocycles. The molecule has 0 radical (unpaired) electrons. The van der Waals surface area contributed by atoms with Gasteiger partial charge in [-0.15, -0.1) is 0 Å². The number of aryl methyl sites for hydroxylation is 1. The van der Waals surface area contributed by atoms with Crippen molar-refractivity contribution in [3.05, 3.63) is 23.9 Å². The van der Waals surface area contributed by atoms with Crippen molar-refractivity contribution in [1.29, 1.82) is 0 Å². The molecule has 0 amide bonds. The predicted octanol–water partition coefficient (Wildman–Crippen LogP) is 1.53. The Kier molecular flexibility index (Phi) is 3.91. The van der Waals surface area contributed by atoms with Gasteiger partial charge < -0.3 is 10.4 Å². The van der Waals surface area contributed by atoms with Crippen molar-refractivity contribution in [3.63, 3.8) is 0 Å². The molecule has 0 unspecified atom stereocenters. The molecule has 0 bridgehead atoms. The van der Waals surface area contributed by atoms with E-state index in [-0.39, 0.29) is 6.42 Å². The lowest BCUT2D eigenvalue weighted by molar-refractivity contribution is -0.136. The Hall–Kier alpha value is -1.58. The number of aromatic nitrogens is 1. The van der Waals surface area contributed by atoms with Crippen molar-refractivity contribution in [3.8, 4) is 0 Å². The summed E-state index contributed by atoms with van der Waals surface area (Å²) in [5.41, 5.74) is 0.953. The molecule has 0 aliphatic carbocycles.